The Kier molecular flexibility index (Phi) is 8.10. The summed E-state index contributed by atoms with van der Waals surface area (Å²) in [5.74, 6) is -2.96. The summed E-state index contributed by atoms with van der Waals surface area (Å²) in [6.07, 6.45) is -1.50. The van der Waals surface area contributed by atoms with Crippen molar-refractivity contribution in [3.63, 3.8) is 0 Å². The minimum atomic E-state index is -4.74. The fraction of sp³-hybridized carbons (Fsp3) is 0.300. The molecule has 0 aliphatic carbocycles. The van der Waals surface area contributed by atoms with Crippen LogP contribution >= 0.6 is 0 Å². The number of carbonyl (C=O) groups excluding carboxylic acids is 1. The lowest BCUT2D eigenvalue weighted by Gasteiger charge is -2.24. The van der Waals surface area contributed by atoms with Gasteiger partial charge in [-0.15, -0.1) is 0 Å². The normalized spacial score (nSPS) is 12.8. The standard InChI is InChI=1S/C30H27F5N6O3/c1-5-11-43-16-9-10-17(19(12-16)30(33,34)35)21-13-24(44-40-21)26(28(42)39-29(2,3)4)41-15-23-22(14-36-41)37-27(38-23)18-7-6-8-20(31)25(18)32/h6-10,12-15,26H,5,11H2,1-4H3,(H,39,42). The number of fused-ring (bicyclic) bond motifs is 1. The number of halogens is 5. The van der Waals surface area contributed by atoms with E-state index in [0.717, 1.165) is 12.1 Å². The second kappa shape index (κ2) is 11.7. The van der Waals surface area contributed by atoms with Gasteiger partial charge in [0, 0.05) is 17.2 Å². The number of imidazole rings is 1. The van der Waals surface area contributed by atoms with Crippen LogP contribution in [0.5, 0.6) is 5.75 Å². The molecule has 2 aromatic carbocycles. The van der Waals surface area contributed by atoms with Crippen molar-refractivity contribution in [1.29, 1.82) is 0 Å². The molecule has 5 rings (SSSR count). The number of alkyl halides is 3. The molecule has 230 valence electrons. The highest BCUT2D eigenvalue weighted by Gasteiger charge is 2.36. The van der Waals surface area contributed by atoms with Crippen LogP contribution in [-0.2, 0) is 11.0 Å². The zero-order valence-corrected chi connectivity index (χ0v) is 24.0. The van der Waals surface area contributed by atoms with Crippen molar-refractivity contribution in [2.45, 2.75) is 51.9 Å². The second-order valence-electron chi connectivity index (χ2n) is 11.0. The van der Waals surface area contributed by atoms with E-state index >= 15 is 0 Å². The molecule has 2 aliphatic rings. The van der Waals surface area contributed by atoms with Gasteiger partial charge in [-0.2, -0.15) is 18.3 Å². The Hall–Kier alpha value is -4.88. The lowest BCUT2D eigenvalue weighted by Crippen LogP contribution is -2.45. The summed E-state index contributed by atoms with van der Waals surface area (Å²) in [4.78, 5) is 22.0. The molecule has 44 heavy (non-hydrogen) atoms. The predicted molar refractivity (Wildman–Crippen MR) is 149 cm³/mol. The molecule has 14 heteroatoms. The number of hydrogen-bond donors (Lipinski definition) is 1. The molecular weight excluding hydrogens is 587 g/mol. The Morgan fingerprint density at radius 1 is 1.02 bits per heavy atom. The number of ether oxygens (including phenoxy) is 1. The van der Waals surface area contributed by atoms with Crippen LogP contribution in [0.4, 0.5) is 22.0 Å². The van der Waals surface area contributed by atoms with Crippen LogP contribution in [0.1, 0.15) is 51.5 Å². The smallest absolute Gasteiger partial charge is 0.417 e. The Morgan fingerprint density at radius 3 is 2.48 bits per heavy atom. The summed E-state index contributed by atoms with van der Waals surface area (Å²) < 4.78 is 82.4. The van der Waals surface area contributed by atoms with Gasteiger partial charge in [0.25, 0.3) is 5.91 Å². The Bertz CT molecular complexity index is 1780. The third-order valence-electron chi connectivity index (χ3n) is 6.33. The number of rotatable bonds is 8. The van der Waals surface area contributed by atoms with Gasteiger partial charge < -0.3 is 14.6 Å². The molecule has 3 heterocycles. The minimum absolute atomic E-state index is 0.0513. The van der Waals surface area contributed by atoms with Crippen molar-refractivity contribution >= 4 is 5.91 Å². The average molecular weight is 615 g/mol. The van der Waals surface area contributed by atoms with Crippen molar-refractivity contribution in [3.05, 3.63) is 77.8 Å². The second-order valence-corrected chi connectivity index (χ2v) is 11.0. The maximum absolute atomic E-state index is 14.4. The molecule has 1 aromatic heterocycles. The molecule has 3 aromatic rings. The summed E-state index contributed by atoms with van der Waals surface area (Å²) in [6, 6.07) is 7.01. The first-order chi connectivity index (χ1) is 20.7. The van der Waals surface area contributed by atoms with Gasteiger partial charge in [0.15, 0.2) is 29.3 Å². The van der Waals surface area contributed by atoms with E-state index in [1.807, 2.05) is 6.92 Å². The monoisotopic (exact) mass is 614 g/mol. The van der Waals surface area contributed by atoms with Gasteiger partial charge in [-0.25, -0.2) is 18.7 Å². The SMILES string of the molecule is CCCOc1ccc(-c2cc(C(C(=O)NC(C)(C)C)n3cc4nc(-c5cccc(F)c5F)nc-4cn3)on2)c(C(F)(F)F)c1. The van der Waals surface area contributed by atoms with Gasteiger partial charge in [-0.1, -0.05) is 18.1 Å². The van der Waals surface area contributed by atoms with Gasteiger partial charge in [0.2, 0.25) is 0 Å². The Labute approximate surface area is 248 Å². The number of benzene rings is 2. The van der Waals surface area contributed by atoms with Crippen molar-refractivity contribution < 1.29 is 36.0 Å². The van der Waals surface area contributed by atoms with Crippen LogP contribution in [0.3, 0.4) is 0 Å². The molecular formula is C30H27F5N6O3. The van der Waals surface area contributed by atoms with Crippen LogP contribution in [0.15, 0.2) is 59.4 Å². The van der Waals surface area contributed by atoms with Crippen molar-refractivity contribution in [2.75, 3.05) is 6.61 Å². The first-order valence-electron chi connectivity index (χ1n) is 13.5. The molecule has 0 radical (unpaired) electrons. The van der Waals surface area contributed by atoms with Crippen LogP contribution < -0.4 is 10.1 Å². The molecule has 9 nitrogen and oxygen atoms in total. The van der Waals surface area contributed by atoms with Crippen LogP contribution in [0.25, 0.3) is 34.0 Å². The summed E-state index contributed by atoms with van der Waals surface area (Å²) in [7, 11) is 0. The first kappa shape index (κ1) is 30.6. The maximum atomic E-state index is 14.4. The van der Waals surface area contributed by atoms with E-state index in [2.05, 4.69) is 25.5 Å². The average Bonchev–Trinajstić information content (AvgIpc) is 3.59. The topological polar surface area (TPSA) is 108 Å². The van der Waals surface area contributed by atoms with Crippen LogP contribution in [0.2, 0.25) is 0 Å². The molecule has 1 amide bonds. The lowest BCUT2D eigenvalue weighted by molar-refractivity contribution is -0.137. The van der Waals surface area contributed by atoms with Crippen molar-refractivity contribution in [3.8, 4) is 39.8 Å². The Morgan fingerprint density at radius 2 is 1.77 bits per heavy atom. The number of nitrogens with zero attached hydrogens (tertiary/aromatic N) is 5. The molecule has 0 bridgehead atoms. The quantitative estimate of drug-likeness (QED) is 0.194. The van der Waals surface area contributed by atoms with E-state index < -0.39 is 40.9 Å². The zero-order valence-electron chi connectivity index (χ0n) is 24.0. The van der Waals surface area contributed by atoms with Gasteiger partial charge >= 0.3 is 6.18 Å². The van der Waals surface area contributed by atoms with E-state index in [9.17, 15) is 26.7 Å². The summed E-state index contributed by atoms with van der Waals surface area (Å²) in [5, 5.41) is 10.9. The van der Waals surface area contributed by atoms with Gasteiger partial charge in [-0.3, -0.25) is 9.48 Å². The zero-order chi connectivity index (χ0) is 31.8. The van der Waals surface area contributed by atoms with Crippen molar-refractivity contribution in [2.24, 2.45) is 0 Å². The highest BCUT2D eigenvalue weighted by atomic mass is 19.4. The van der Waals surface area contributed by atoms with Gasteiger partial charge in [-0.05, 0) is 57.5 Å². The van der Waals surface area contributed by atoms with E-state index in [1.165, 1.54) is 47.4 Å². The minimum Gasteiger partial charge on any atom is -0.494 e. The fourth-order valence-corrected chi connectivity index (χ4v) is 4.43. The summed E-state index contributed by atoms with van der Waals surface area (Å²) in [5.41, 5.74) is -1.88. The molecule has 1 N–H and O–H groups in total. The first-order valence-corrected chi connectivity index (χ1v) is 13.5. The third kappa shape index (κ3) is 6.38. The molecule has 1 atom stereocenters. The Balaban J connectivity index is 1.57. The lowest BCUT2D eigenvalue weighted by atomic mass is 10.0. The van der Waals surface area contributed by atoms with Crippen LogP contribution in [-0.4, -0.2) is 43.0 Å². The van der Waals surface area contributed by atoms with Crippen molar-refractivity contribution in [1.82, 2.24) is 30.2 Å². The maximum Gasteiger partial charge on any atom is 0.417 e. The van der Waals surface area contributed by atoms with E-state index in [-0.39, 0.29) is 52.1 Å². The summed E-state index contributed by atoms with van der Waals surface area (Å²) in [6.45, 7) is 7.32. The molecule has 2 aliphatic heterocycles. The van der Waals surface area contributed by atoms with E-state index in [1.54, 1.807) is 20.8 Å². The summed E-state index contributed by atoms with van der Waals surface area (Å²) >= 11 is 0. The highest BCUT2D eigenvalue weighted by molar-refractivity contribution is 5.84. The number of carbonyl (C=O) groups is 1. The molecule has 0 spiro atoms. The molecule has 1 unspecified atom stereocenters. The van der Waals surface area contributed by atoms with Crippen LogP contribution in [0, 0.1) is 11.6 Å². The molecule has 0 saturated heterocycles. The van der Waals surface area contributed by atoms with E-state index in [4.69, 9.17) is 9.26 Å². The molecule has 0 saturated carbocycles. The predicted octanol–water partition coefficient (Wildman–Crippen LogP) is 6.69. The fourth-order valence-electron chi connectivity index (χ4n) is 4.43. The number of hydrogen-bond acceptors (Lipinski definition) is 7. The third-order valence-corrected chi connectivity index (χ3v) is 6.33. The van der Waals surface area contributed by atoms with Gasteiger partial charge in [0.1, 0.15) is 22.8 Å². The number of amides is 1. The number of nitrogens with one attached hydrogen (secondary N) is 1. The highest BCUT2D eigenvalue weighted by Crippen LogP contribution is 2.40. The van der Waals surface area contributed by atoms with Gasteiger partial charge in [0.05, 0.1) is 30.1 Å². The van der Waals surface area contributed by atoms with E-state index in [0.29, 0.717) is 6.42 Å². The molecule has 0 fully saturated rings. The largest absolute Gasteiger partial charge is 0.494 e. The number of aromatic nitrogens is 5.